The fraction of sp³-hybridized carbons (Fsp3) is 0.333. The van der Waals surface area contributed by atoms with Gasteiger partial charge in [-0.25, -0.2) is 4.98 Å². The zero-order chi connectivity index (χ0) is 13.1. The molecule has 0 saturated heterocycles. The van der Waals surface area contributed by atoms with Gasteiger partial charge in [0, 0.05) is 23.0 Å². The summed E-state index contributed by atoms with van der Waals surface area (Å²) in [7, 11) is 0. The van der Waals surface area contributed by atoms with Crippen molar-refractivity contribution < 1.29 is 0 Å². The van der Waals surface area contributed by atoms with Crippen molar-refractivity contribution in [2.24, 2.45) is 0 Å². The molecule has 0 spiro atoms. The van der Waals surface area contributed by atoms with Gasteiger partial charge in [-0.1, -0.05) is 0 Å². The third kappa shape index (κ3) is 3.16. The summed E-state index contributed by atoms with van der Waals surface area (Å²) in [6, 6.07) is 4.02. The number of hydrogen-bond donors (Lipinski definition) is 0. The lowest BCUT2D eigenvalue weighted by atomic mass is 10.4. The summed E-state index contributed by atoms with van der Waals surface area (Å²) >= 11 is 8.70. The molecule has 0 N–H and O–H groups in total. The van der Waals surface area contributed by atoms with E-state index >= 15 is 0 Å². The number of aromatic nitrogens is 3. The van der Waals surface area contributed by atoms with E-state index < -0.39 is 0 Å². The van der Waals surface area contributed by atoms with Crippen LogP contribution in [0.5, 0.6) is 0 Å². The summed E-state index contributed by atoms with van der Waals surface area (Å²) in [4.78, 5) is 4.36. The van der Waals surface area contributed by atoms with E-state index in [1.807, 2.05) is 29.9 Å². The molecule has 0 atom stereocenters. The highest BCUT2D eigenvalue weighted by Crippen LogP contribution is 2.28. The first-order valence-electron chi connectivity index (χ1n) is 5.58. The fourth-order valence-electron chi connectivity index (χ4n) is 1.60. The van der Waals surface area contributed by atoms with Crippen LogP contribution in [0.15, 0.2) is 32.3 Å². The van der Waals surface area contributed by atoms with E-state index in [0.717, 1.165) is 32.0 Å². The van der Waals surface area contributed by atoms with E-state index in [1.165, 1.54) is 5.69 Å². The molecule has 2 rings (SSSR count). The van der Waals surface area contributed by atoms with Crippen LogP contribution in [0.4, 0.5) is 0 Å². The molecule has 18 heavy (non-hydrogen) atoms. The molecule has 3 nitrogen and oxygen atoms in total. The Morgan fingerprint density at radius 3 is 2.72 bits per heavy atom. The van der Waals surface area contributed by atoms with Crippen molar-refractivity contribution in [2.45, 2.75) is 31.2 Å². The van der Waals surface area contributed by atoms with Crippen molar-refractivity contribution in [1.82, 2.24) is 14.8 Å². The van der Waals surface area contributed by atoms with Crippen LogP contribution in [0.3, 0.4) is 0 Å². The minimum Gasteiger partial charge on any atom is -0.268 e. The first-order chi connectivity index (χ1) is 8.61. The van der Waals surface area contributed by atoms with Gasteiger partial charge in [-0.05, 0) is 57.8 Å². The fourth-order valence-corrected chi connectivity index (χ4v) is 3.31. The van der Waals surface area contributed by atoms with E-state index in [-0.39, 0.29) is 0 Å². The van der Waals surface area contributed by atoms with Crippen molar-refractivity contribution in [3.63, 3.8) is 0 Å². The highest BCUT2D eigenvalue weighted by molar-refractivity contribution is 9.10. The second-order valence-electron chi connectivity index (χ2n) is 3.77. The molecule has 0 fully saturated rings. The predicted octanol–water partition coefficient (Wildman–Crippen LogP) is 4.42. The second-order valence-corrected chi connectivity index (χ2v) is 6.47. The maximum Gasteiger partial charge on any atom is 0.0964 e. The summed E-state index contributed by atoms with van der Waals surface area (Å²) in [5.41, 5.74) is 2.25. The van der Waals surface area contributed by atoms with Crippen LogP contribution in [0.1, 0.15) is 18.3 Å². The molecule has 0 unspecified atom stereocenters. The van der Waals surface area contributed by atoms with Crippen LogP contribution < -0.4 is 0 Å². The predicted molar refractivity (Wildman–Crippen MR) is 81.8 cm³/mol. The van der Waals surface area contributed by atoms with Crippen LogP contribution in [0, 0.1) is 6.92 Å². The van der Waals surface area contributed by atoms with Gasteiger partial charge in [-0.2, -0.15) is 5.10 Å². The summed E-state index contributed by atoms with van der Waals surface area (Å²) in [5, 5.41) is 5.50. The average Bonchev–Trinajstić information content (AvgIpc) is 2.65. The van der Waals surface area contributed by atoms with Crippen molar-refractivity contribution in [1.29, 1.82) is 0 Å². The summed E-state index contributed by atoms with van der Waals surface area (Å²) < 4.78 is 4.14. The Kier molecular flexibility index (Phi) is 4.86. The maximum atomic E-state index is 4.48. The van der Waals surface area contributed by atoms with Gasteiger partial charge in [-0.3, -0.25) is 4.68 Å². The van der Waals surface area contributed by atoms with E-state index in [0.29, 0.717) is 0 Å². The Morgan fingerprint density at radius 2 is 2.11 bits per heavy atom. The summed E-state index contributed by atoms with van der Waals surface area (Å²) in [6.07, 6.45) is 1.82. The molecule has 0 radical (unpaired) electrons. The Morgan fingerprint density at radius 1 is 1.33 bits per heavy atom. The smallest absolute Gasteiger partial charge is 0.0964 e. The van der Waals surface area contributed by atoms with Crippen molar-refractivity contribution in [2.75, 3.05) is 0 Å². The van der Waals surface area contributed by atoms with Gasteiger partial charge in [0.15, 0.2) is 0 Å². The SMILES string of the molecule is CCn1nc(C)c(Br)c1CSc1ccc(Br)cn1. The van der Waals surface area contributed by atoms with Gasteiger partial charge in [0.05, 0.1) is 20.9 Å². The normalized spacial score (nSPS) is 10.9. The highest BCUT2D eigenvalue weighted by Gasteiger charge is 2.12. The Labute approximate surface area is 128 Å². The van der Waals surface area contributed by atoms with Crippen molar-refractivity contribution >= 4 is 43.6 Å². The van der Waals surface area contributed by atoms with Gasteiger partial charge in [0.1, 0.15) is 0 Å². The number of rotatable bonds is 4. The molecule has 2 aromatic heterocycles. The molecule has 0 aliphatic carbocycles. The van der Waals surface area contributed by atoms with Crippen LogP contribution in [0.25, 0.3) is 0 Å². The molecule has 2 heterocycles. The van der Waals surface area contributed by atoms with Gasteiger partial charge in [0.2, 0.25) is 0 Å². The lowest BCUT2D eigenvalue weighted by Gasteiger charge is -2.05. The van der Waals surface area contributed by atoms with Crippen LogP contribution >= 0.6 is 43.6 Å². The van der Waals surface area contributed by atoms with Gasteiger partial charge in [0.25, 0.3) is 0 Å². The number of nitrogens with zero attached hydrogens (tertiary/aromatic N) is 3. The Bertz CT molecular complexity index is 537. The zero-order valence-corrected chi connectivity index (χ0v) is 14.1. The van der Waals surface area contributed by atoms with E-state index in [9.17, 15) is 0 Å². The van der Waals surface area contributed by atoms with E-state index in [1.54, 1.807) is 11.8 Å². The third-order valence-electron chi connectivity index (χ3n) is 2.51. The molecule has 0 aliphatic heterocycles. The summed E-state index contributed by atoms with van der Waals surface area (Å²) in [5.74, 6) is 0.865. The minimum absolute atomic E-state index is 0.865. The van der Waals surface area contributed by atoms with Crippen LogP contribution in [-0.4, -0.2) is 14.8 Å². The molecular formula is C12H13Br2N3S. The molecule has 2 aromatic rings. The van der Waals surface area contributed by atoms with Crippen molar-refractivity contribution in [3.05, 3.63) is 38.7 Å². The molecule has 0 saturated carbocycles. The number of halogens is 2. The first-order valence-corrected chi connectivity index (χ1v) is 8.15. The van der Waals surface area contributed by atoms with Gasteiger partial charge < -0.3 is 0 Å². The topological polar surface area (TPSA) is 30.7 Å². The van der Waals surface area contributed by atoms with Crippen LogP contribution in [-0.2, 0) is 12.3 Å². The Balaban J connectivity index is 2.12. The monoisotopic (exact) mass is 389 g/mol. The van der Waals surface area contributed by atoms with Crippen molar-refractivity contribution in [3.8, 4) is 0 Å². The molecule has 6 heteroatoms. The standard InChI is InChI=1S/C12H13Br2N3S/c1-3-17-10(12(14)8(2)16-17)7-18-11-5-4-9(13)6-15-11/h4-6H,3,7H2,1-2H3. The van der Waals surface area contributed by atoms with E-state index in [4.69, 9.17) is 0 Å². The number of hydrogen-bond acceptors (Lipinski definition) is 3. The molecule has 0 bridgehead atoms. The van der Waals surface area contributed by atoms with E-state index in [2.05, 4.69) is 48.9 Å². The zero-order valence-electron chi connectivity index (χ0n) is 10.2. The molecule has 0 aromatic carbocycles. The number of pyridine rings is 1. The molecule has 96 valence electrons. The molecule has 0 amide bonds. The first kappa shape index (κ1) is 14.1. The third-order valence-corrected chi connectivity index (χ3v) is 4.97. The number of thioether (sulfide) groups is 1. The second kappa shape index (κ2) is 6.21. The van der Waals surface area contributed by atoms with Crippen LogP contribution in [0.2, 0.25) is 0 Å². The van der Waals surface area contributed by atoms with Gasteiger partial charge >= 0.3 is 0 Å². The largest absolute Gasteiger partial charge is 0.268 e. The number of aryl methyl sites for hydroxylation is 2. The molecule has 0 aliphatic rings. The lowest BCUT2D eigenvalue weighted by molar-refractivity contribution is 0.631. The quantitative estimate of drug-likeness (QED) is 0.723. The maximum absolute atomic E-state index is 4.48. The molecular weight excluding hydrogens is 378 g/mol. The Hall–Kier alpha value is -0.330. The highest BCUT2D eigenvalue weighted by atomic mass is 79.9. The lowest BCUT2D eigenvalue weighted by Crippen LogP contribution is -2.01. The average molecular weight is 391 g/mol. The van der Waals surface area contributed by atoms with Gasteiger partial charge in [-0.15, -0.1) is 11.8 Å². The summed E-state index contributed by atoms with van der Waals surface area (Å²) in [6.45, 7) is 5.00. The minimum atomic E-state index is 0.865.